The quantitative estimate of drug-likeness (QED) is 0.221. The van der Waals surface area contributed by atoms with Crippen LogP contribution in [-0.4, -0.2) is 51.4 Å². The van der Waals surface area contributed by atoms with Crippen molar-refractivity contribution in [2.24, 2.45) is 5.92 Å². The van der Waals surface area contributed by atoms with Crippen LogP contribution in [0, 0.1) is 27.4 Å². The summed E-state index contributed by atoms with van der Waals surface area (Å²) in [6.45, 7) is 2.98. The topological polar surface area (TPSA) is 158 Å². The molecule has 0 radical (unpaired) electrons. The standard InChI is InChI=1S/C23H20ClN5O7/c1-4-28(34-3)23(31)16(11-25)22(30)13(2)35-20-10-15(6-8-19(20)29(32)33)36-21-12-26-18-9-14(24)5-7-17(18)27-21/h5-10,12-13,16H,4H2,1-3H3. The Balaban J connectivity index is 1.85. The van der Waals surface area contributed by atoms with Crippen molar-refractivity contribution in [3.63, 3.8) is 0 Å². The van der Waals surface area contributed by atoms with E-state index in [4.69, 9.17) is 25.9 Å². The van der Waals surface area contributed by atoms with Crippen molar-refractivity contribution in [2.45, 2.75) is 20.0 Å². The molecule has 0 bridgehead atoms. The van der Waals surface area contributed by atoms with Crippen LogP contribution < -0.4 is 9.47 Å². The average molecular weight is 514 g/mol. The Bertz CT molecular complexity index is 1360. The van der Waals surface area contributed by atoms with E-state index < -0.39 is 34.3 Å². The molecule has 2 atom stereocenters. The molecule has 0 spiro atoms. The lowest BCUT2D eigenvalue weighted by atomic mass is 10.0. The predicted octanol–water partition coefficient (Wildman–Crippen LogP) is 3.87. The van der Waals surface area contributed by atoms with Gasteiger partial charge in [0.2, 0.25) is 11.6 Å². The van der Waals surface area contributed by atoms with Crippen molar-refractivity contribution in [2.75, 3.05) is 13.7 Å². The van der Waals surface area contributed by atoms with Crippen LogP contribution >= 0.6 is 11.6 Å². The van der Waals surface area contributed by atoms with Crippen molar-refractivity contribution in [3.8, 4) is 23.4 Å². The summed E-state index contributed by atoms with van der Waals surface area (Å²) in [5, 5.41) is 22.3. The normalized spacial score (nSPS) is 12.3. The first-order valence-electron chi connectivity index (χ1n) is 10.5. The molecule has 3 aromatic rings. The van der Waals surface area contributed by atoms with Crippen molar-refractivity contribution < 1.29 is 28.8 Å². The van der Waals surface area contributed by atoms with Gasteiger partial charge in [-0.2, -0.15) is 5.26 Å². The zero-order valence-corrected chi connectivity index (χ0v) is 20.1. The van der Waals surface area contributed by atoms with Gasteiger partial charge >= 0.3 is 5.69 Å². The minimum Gasteiger partial charge on any atom is -0.476 e. The Morgan fingerprint density at radius 3 is 2.64 bits per heavy atom. The number of ether oxygens (including phenoxy) is 2. The molecule has 1 heterocycles. The highest BCUT2D eigenvalue weighted by molar-refractivity contribution is 6.31. The molecule has 36 heavy (non-hydrogen) atoms. The van der Waals surface area contributed by atoms with E-state index in [1.807, 2.05) is 0 Å². The number of nitro benzene ring substituents is 1. The third kappa shape index (κ3) is 5.83. The number of carbonyl (C=O) groups is 2. The van der Waals surface area contributed by atoms with E-state index in [1.165, 1.54) is 32.4 Å². The van der Waals surface area contributed by atoms with Gasteiger partial charge < -0.3 is 9.47 Å². The molecule has 0 N–H and O–H groups in total. The molecule has 0 aliphatic heterocycles. The number of amides is 1. The van der Waals surface area contributed by atoms with Crippen LogP contribution in [0.2, 0.25) is 5.02 Å². The number of nitrogens with zero attached hydrogens (tertiary/aromatic N) is 5. The lowest BCUT2D eigenvalue weighted by Crippen LogP contribution is -2.42. The SMILES string of the molecule is CCN(OC)C(=O)C(C#N)C(=O)C(C)Oc1cc(Oc2cnc3cc(Cl)ccc3n2)ccc1[N+](=O)[O-]. The first-order valence-corrected chi connectivity index (χ1v) is 10.9. The molecule has 0 aliphatic carbocycles. The number of hydrogen-bond acceptors (Lipinski definition) is 10. The van der Waals surface area contributed by atoms with Gasteiger partial charge in [0.1, 0.15) is 5.75 Å². The summed E-state index contributed by atoms with van der Waals surface area (Å²) >= 11 is 5.95. The van der Waals surface area contributed by atoms with Crippen LogP contribution in [0.1, 0.15) is 13.8 Å². The third-order valence-corrected chi connectivity index (χ3v) is 5.19. The molecule has 186 valence electrons. The Labute approximate surface area is 210 Å². The molecule has 2 unspecified atom stereocenters. The summed E-state index contributed by atoms with van der Waals surface area (Å²) in [5.41, 5.74) is 0.610. The van der Waals surface area contributed by atoms with E-state index in [0.29, 0.717) is 16.1 Å². The highest BCUT2D eigenvalue weighted by Crippen LogP contribution is 2.34. The number of Topliss-reactive ketones (excluding diaryl/α,β-unsaturated/α-hetero) is 1. The lowest BCUT2D eigenvalue weighted by Gasteiger charge is -2.21. The van der Waals surface area contributed by atoms with Crippen molar-refractivity contribution in [1.29, 1.82) is 5.26 Å². The zero-order chi connectivity index (χ0) is 26.4. The highest BCUT2D eigenvalue weighted by atomic mass is 35.5. The van der Waals surface area contributed by atoms with Gasteiger partial charge in [0.15, 0.2) is 17.8 Å². The van der Waals surface area contributed by atoms with Gasteiger partial charge in [0, 0.05) is 23.7 Å². The van der Waals surface area contributed by atoms with Crippen LogP contribution in [0.25, 0.3) is 11.0 Å². The highest BCUT2D eigenvalue weighted by Gasteiger charge is 2.35. The zero-order valence-electron chi connectivity index (χ0n) is 19.4. The number of rotatable bonds is 10. The van der Waals surface area contributed by atoms with Crippen molar-refractivity contribution >= 4 is 40.0 Å². The maximum Gasteiger partial charge on any atom is 0.311 e. The van der Waals surface area contributed by atoms with Gasteiger partial charge in [-0.25, -0.2) is 15.0 Å². The Kier molecular flexibility index (Phi) is 8.31. The molecule has 3 rings (SSSR count). The molecule has 1 amide bonds. The van der Waals surface area contributed by atoms with E-state index in [-0.39, 0.29) is 23.9 Å². The number of nitriles is 1. The molecular weight excluding hydrogens is 494 g/mol. The van der Waals surface area contributed by atoms with Crippen molar-refractivity contribution in [3.05, 3.63) is 57.7 Å². The largest absolute Gasteiger partial charge is 0.476 e. The molecular formula is C23H20ClN5O7. The number of hydroxylamine groups is 2. The first kappa shape index (κ1) is 26.3. The fraction of sp³-hybridized carbons (Fsp3) is 0.261. The molecule has 0 fully saturated rings. The Hall–Kier alpha value is -4.34. The van der Waals surface area contributed by atoms with Gasteiger partial charge in [-0.15, -0.1) is 0 Å². The monoisotopic (exact) mass is 513 g/mol. The first-order chi connectivity index (χ1) is 17.2. The summed E-state index contributed by atoms with van der Waals surface area (Å²) in [4.78, 5) is 49.4. The molecule has 12 nitrogen and oxygen atoms in total. The minimum atomic E-state index is -1.72. The van der Waals surface area contributed by atoms with E-state index >= 15 is 0 Å². The summed E-state index contributed by atoms with van der Waals surface area (Å²) in [6.07, 6.45) is -0.0288. The molecule has 0 saturated carbocycles. The van der Waals surface area contributed by atoms with Gasteiger partial charge in [-0.3, -0.25) is 24.5 Å². The Morgan fingerprint density at radius 1 is 1.25 bits per heavy atom. The number of ketones is 1. The van der Waals surface area contributed by atoms with Crippen LogP contribution in [0.4, 0.5) is 5.69 Å². The average Bonchev–Trinajstić information content (AvgIpc) is 2.85. The van der Waals surface area contributed by atoms with Gasteiger partial charge in [-0.1, -0.05) is 11.6 Å². The molecule has 13 heteroatoms. The maximum atomic E-state index is 12.8. The maximum absolute atomic E-state index is 12.8. The van der Waals surface area contributed by atoms with E-state index in [1.54, 1.807) is 31.2 Å². The summed E-state index contributed by atoms with van der Waals surface area (Å²) in [6, 6.07) is 10.2. The smallest absolute Gasteiger partial charge is 0.311 e. The fourth-order valence-electron chi connectivity index (χ4n) is 3.18. The van der Waals surface area contributed by atoms with Gasteiger partial charge in [0.25, 0.3) is 5.91 Å². The number of halogens is 1. The molecule has 0 aliphatic rings. The second-order valence-corrected chi connectivity index (χ2v) is 7.71. The van der Waals surface area contributed by atoms with Gasteiger partial charge in [0.05, 0.1) is 35.3 Å². The van der Waals surface area contributed by atoms with E-state index in [2.05, 4.69) is 9.97 Å². The number of benzene rings is 2. The molecule has 1 aromatic heterocycles. The fourth-order valence-corrected chi connectivity index (χ4v) is 3.35. The van der Waals surface area contributed by atoms with E-state index in [0.717, 1.165) is 11.1 Å². The van der Waals surface area contributed by atoms with E-state index in [9.17, 15) is 25.0 Å². The third-order valence-electron chi connectivity index (χ3n) is 4.95. The van der Waals surface area contributed by atoms with Crippen LogP contribution in [-0.2, 0) is 14.4 Å². The number of fused-ring (bicyclic) bond motifs is 1. The van der Waals surface area contributed by atoms with Crippen LogP contribution in [0.3, 0.4) is 0 Å². The lowest BCUT2D eigenvalue weighted by molar-refractivity contribution is -0.386. The van der Waals surface area contributed by atoms with Crippen LogP contribution in [0.5, 0.6) is 17.4 Å². The number of hydrogen-bond donors (Lipinski definition) is 0. The molecule has 0 saturated heterocycles. The van der Waals surface area contributed by atoms with Gasteiger partial charge in [-0.05, 0) is 38.1 Å². The van der Waals surface area contributed by atoms with Crippen LogP contribution in [0.15, 0.2) is 42.6 Å². The Morgan fingerprint density at radius 2 is 2.00 bits per heavy atom. The second kappa shape index (κ2) is 11.4. The molecule has 2 aromatic carbocycles. The summed E-state index contributed by atoms with van der Waals surface area (Å²) < 4.78 is 11.2. The number of nitro groups is 1. The second-order valence-electron chi connectivity index (χ2n) is 7.27. The number of aromatic nitrogens is 2. The summed E-state index contributed by atoms with van der Waals surface area (Å²) in [7, 11) is 1.23. The summed E-state index contributed by atoms with van der Waals surface area (Å²) in [5.74, 6) is -3.57. The predicted molar refractivity (Wildman–Crippen MR) is 126 cm³/mol. The van der Waals surface area contributed by atoms with Crippen molar-refractivity contribution in [1.82, 2.24) is 15.0 Å². The minimum absolute atomic E-state index is 0.100. The number of carbonyl (C=O) groups excluding carboxylic acids is 2.